The fourth-order valence-electron chi connectivity index (χ4n) is 2.26. The van der Waals surface area contributed by atoms with E-state index in [4.69, 9.17) is 5.11 Å². The van der Waals surface area contributed by atoms with Crippen LogP contribution < -0.4 is 5.32 Å². The van der Waals surface area contributed by atoms with E-state index in [2.05, 4.69) is 10.3 Å². The summed E-state index contributed by atoms with van der Waals surface area (Å²) in [4.78, 5) is 26.4. The standard InChI is InChI=1S/C16H20N2O3/c1-3-4-5-12(16(20)21)18-15(19)14-9-11-7-6-10(2)8-13(11)17-14/h6-9,12,17H,3-5H2,1-2H3,(H,18,19)(H,20,21). The lowest BCUT2D eigenvalue weighted by molar-refractivity contribution is -0.139. The van der Waals surface area contributed by atoms with Crippen molar-refractivity contribution in [2.45, 2.75) is 39.2 Å². The fourth-order valence-corrected chi connectivity index (χ4v) is 2.26. The second-order valence-corrected chi connectivity index (χ2v) is 5.28. The molecule has 21 heavy (non-hydrogen) atoms. The predicted octanol–water partition coefficient (Wildman–Crippen LogP) is 2.85. The molecule has 2 rings (SSSR count). The van der Waals surface area contributed by atoms with Gasteiger partial charge in [0.05, 0.1) is 0 Å². The predicted molar refractivity (Wildman–Crippen MR) is 81.5 cm³/mol. The number of aryl methyl sites for hydroxylation is 1. The van der Waals surface area contributed by atoms with E-state index in [1.165, 1.54) is 0 Å². The molecule has 112 valence electrons. The molecule has 3 N–H and O–H groups in total. The number of aliphatic carboxylic acids is 1. The maximum Gasteiger partial charge on any atom is 0.326 e. The van der Waals surface area contributed by atoms with Crippen LogP contribution in [-0.4, -0.2) is 28.0 Å². The number of hydrogen-bond acceptors (Lipinski definition) is 2. The molecular weight excluding hydrogens is 268 g/mol. The number of benzene rings is 1. The number of carboxylic acids is 1. The van der Waals surface area contributed by atoms with Crippen LogP contribution in [0.1, 0.15) is 42.2 Å². The van der Waals surface area contributed by atoms with Crippen LogP contribution in [0.4, 0.5) is 0 Å². The van der Waals surface area contributed by atoms with Crippen molar-refractivity contribution in [1.29, 1.82) is 0 Å². The topological polar surface area (TPSA) is 82.2 Å². The van der Waals surface area contributed by atoms with Gasteiger partial charge in [0.2, 0.25) is 0 Å². The summed E-state index contributed by atoms with van der Waals surface area (Å²) in [6, 6.07) is 6.76. The van der Waals surface area contributed by atoms with Gasteiger partial charge in [-0.25, -0.2) is 4.79 Å². The molecule has 2 aromatic rings. The number of carbonyl (C=O) groups excluding carboxylic acids is 1. The van der Waals surface area contributed by atoms with E-state index in [0.717, 1.165) is 29.3 Å². The number of hydrogen-bond donors (Lipinski definition) is 3. The number of aromatic amines is 1. The molecule has 0 aliphatic carbocycles. The number of fused-ring (bicyclic) bond motifs is 1. The van der Waals surface area contributed by atoms with Gasteiger partial charge in [-0.1, -0.05) is 31.9 Å². The van der Waals surface area contributed by atoms with E-state index in [1.807, 2.05) is 32.0 Å². The van der Waals surface area contributed by atoms with E-state index >= 15 is 0 Å². The minimum atomic E-state index is -0.997. The molecule has 1 heterocycles. The second kappa shape index (κ2) is 6.43. The smallest absolute Gasteiger partial charge is 0.326 e. The highest BCUT2D eigenvalue weighted by Gasteiger charge is 2.20. The van der Waals surface area contributed by atoms with Crippen LogP contribution in [0.25, 0.3) is 10.9 Å². The van der Waals surface area contributed by atoms with Gasteiger partial charge in [0, 0.05) is 10.9 Å². The fraction of sp³-hybridized carbons (Fsp3) is 0.375. The zero-order chi connectivity index (χ0) is 15.4. The van der Waals surface area contributed by atoms with Crippen LogP contribution in [-0.2, 0) is 4.79 Å². The Morgan fingerprint density at radius 1 is 1.33 bits per heavy atom. The summed E-state index contributed by atoms with van der Waals surface area (Å²) < 4.78 is 0. The van der Waals surface area contributed by atoms with Crippen molar-refractivity contribution in [3.63, 3.8) is 0 Å². The van der Waals surface area contributed by atoms with Gasteiger partial charge in [-0.3, -0.25) is 4.79 Å². The highest BCUT2D eigenvalue weighted by Crippen LogP contribution is 2.17. The summed E-state index contributed by atoms with van der Waals surface area (Å²) in [5, 5.41) is 12.7. The summed E-state index contributed by atoms with van der Waals surface area (Å²) in [7, 11) is 0. The molecule has 0 spiro atoms. The van der Waals surface area contributed by atoms with Crippen LogP contribution in [0.5, 0.6) is 0 Å². The Hall–Kier alpha value is -2.30. The normalized spacial score (nSPS) is 12.3. The van der Waals surface area contributed by atoms with Gasteiger partial charge in [0.1, 0.15) is 11.7 Å². The quantitative estimate of drug-likeness (QED) is 0.764. The largest absolute Gasteiger partial charge is 0.480 e. The summed E-state index contributed by atoms with van der Waals surface area (Å²) in [6.07, 6.45) is 2.10. The van der Waals surface area contributed by atoms with Crippen LogP contribution >= 0.6 is 0 Å². The van der Waals surface area contributed by atoms with Crippen LogP contribution in [0, 0.1) is 6.92 Å². The lowest BCUT2D eigenvalue weighted by atomic mass is 10.1. The van der Waals surface area contributed by atoms with E-state index in [1.54, 1.807) is 6.07 Å². The van der Waals surface area contributed by atoms with Gasteiger partial charge in [0.15, 0.2) is 0 Å². The number of aromatic nitrogens is 1. The van der Waals surface area contributed by atoms with Crippen molar-refractivity contribution in [1.82, 2.24) is 10.3 Å². The van der Waals surface area contributed by atoms with Crippen LogP contribution in [0.3, 0.4) is 0 Å². The van der Waals surface area contributed by atoms with Crippen LogP contribution in [0.15, 0.2) is 24.3 Å². The van der Waals surface area contributed by atoms with Crippen molar-refractivity contribution < 1.29 is 14.7 Å². The molecule has 1 atom stereocenters. The molecule has 1 unspecified atom stereocenters. The highest BCUT2D eigenvalue weighted by molar-refractivity contribution is 5.99. The maximum atomic E-state index is 12.2. The first-order valence-corrected chi connectivity index (χ1v) is 7.14. The van der Waals surface area contributed by atoms with Crippen LogP contribution in [0.2, 0.25) is 0 Å². The maximum absolute atomic E-state index is 12.2. The summed E-state index contributed by atoms with van der Waals surface area (Å²) in [5.74, 6) is -1.38. The number of nitrogens with one attached hydrogen (secondary N) is 2. The Bertz CT molecular complexity index is 661. The van der Waals surface area contributed by atoms with Gasteiger partial charge in [-0.2, -0.15) is 0 Å². The van der Waals surface area contributed by atoms with Crippen molar-refractivity contribution in [2.24, 2.45) is 0 Å². The molecule has 0 saturated heterocycles. The molecule has 0 aliphatic heterocycles. The Morgan fingerprint density at radius 3 is 2.76 bits per heavy atom. The minimum Gasteiger partial charge on any atom is -0.480 e. The number of amides is 1. The molecule has 1 aromatic heterocycles. The Labute approximate surface area is 123 Å². The molecule has 0 radical (unpaired) electrons. The molecular formula is C16H20N2O3. The lowest BCUT2D eigenvalue weighted by Crippen LogP contribution is -2.40. The molecule has 0 aliphatic rings. The van der Waals surface area contributed by atoms with Gasteiger partial charge in [-0.15, -0.1) is 0 Å². The van der Waals surface area contributed by atoms with Crippen molar-refractivity contribution in [2.75, 3.05) is 0 Å². The zero-order valence-corrected chi connectivity index (χ0v) is 12.3. The van der Waals surface area contributed by atoms with E-state index in [0.29, 0.717) is 12.1 Å². The number of carboxylic acid groups (broad SMARTS) is 1. The van der Waals surface area contributed by atoms with Crippen molar-refractivity contribution in [3.05, 3.63) is 35.5 Å². The van der Waals surface area contributed by atoms with Gasteiger partial charge >= 0.3 is 5.97 Å². The van der Waals surface area contributed by atoms with Crippen molar-refractivity contribution in [3.8, 4) is 0 Å². The van der Waals surface area contributed by atoms with E-state index < -0.39 is 12.0 Å². The first-order valence-electron chi connectivity index (χ1n) is 7.14. The Kier molecular flexibility index (Phi) is 4.62. The molecule has 1 amide bonds. The molecule has 5 nitrogen and oxygen atoms in total. The first-order chi connectivity index (χ1) is 10.0. The monoisotopic (exact) mass is 288 g/mol. The van der Waals surface area contributed by atoms with Crippen molar-refractivity contribution >= 4 is 22.8 Å². The van der Waals surface area contributed by atoms with E-state index in [-0.39, 0.29) is 5.91 Å². The Balaban J connectivity index is 2.15. The molecule has 0 saturated carbocycles. The van der Waals surface area contributed by atoms with Gasteiger partial charge < -0.3 is 15.4 Å². The average molecular weight is 288 g/mol. The molecule has 1 aromatic carbocycles. The third-order valence-corrected chi connectivity index (χ3v) is 3.47. The summed E-state index contributed by atoms with van der Waals surface area (Å²) in [5.41, 5.74) is 2.36. The zero-order valence-electron chi connectivity index (χ0n) is 12.3. The number of rotatable bonds is 6. The van der Waals surface area contributed by atoms with Gasteiger partial charge in [-0.05, 0) is 31.0 Å². The summed E-state index contributed by atoms with van der Waals surface area (Å²) in [6.45, 7) is 3.96. The van der Waals surface area contributed by atoms with E-state index in [9.17, 15) is 9.59 Å². The molecule has 5 heteroatoms. The van der Waals surface area contributed by atoms with Gasteiger partial charge in [0.25, 0.3) is 5.91 Å². The third kappa shape index (κ3) is 3.62. The number of unbranched alkanes of at least 4 members (excludes halogenated alkanes) is 1. The third-order valence-electron chi connectivity index (χ3n) is 3.47. The SMILES string of the molecule is CCCCC(NC(=O)c1cc2ccc(C)cc2[nH]1)C(=O)O. The Morgan fingerprint density at radius 2 is 2.10 bits per heavy atom. The number of H-pyrrole nitrogens is 1. The number of carbonyl (C=O) groups is 2. The first kappa shape index (κ1) is 15.1. The molecule has 0 fully saturated rings. The second-order valence-electron chi connectivity index (χ2n) is 5.28. The minimum absolute atomic E-state index is 0.382. The lowest BCUT2D eigenvalue weighted by Gasteiger charge is -2.13. The highest BCUT2D eigenvalue weighted by atomic mass is 16.4. The molecule has 0 bridgehead atoms. The summed E-state index contributed by atoms with van der Waals surface area (Å²) >= 11 is 0. The average Bonchev–Trinajstić information content (AvgIpc) is 2.85.